The van der Waals surface area contributed by atoms with E-state index in [2.05, 4.69) is 15.0 Å². The lowest BCUT2D eigenvalue weighted by molar-refractivity contribution is 0.0696. The molecule has 6 nitrogen and oxygen atoms in total. The van der Waals surface area contributed by atoms with Gasteiger partial charge in [-0.25, -0.2) is 9.78 Å². The van der Waals surface area contributed by atoms with Crippen LogP contribution < -0.4 is 4.74 Å². The van der Waals surface area contributed by atoms with Crippen LogP contribution in [0.4, 0.5) is 0 Å². The number of ether oxygens (including phenoxy) is 1. The van der Waals surface area contributed by atoms with E-state index < -0.39 is 5.97 Å². The number of hydrogen-bond acceptors (Lipinski definition) is 5. The maximum Gasteiger partial charge on any atom is 0.337 e. The normalized spacial score (nSPS) is 10.4. The predicted molar refractivity (Wildman–Crippen MR) is 70.8 cm³/mol. The zero-order valence-electron chi connectivity index (χ0n) is 10.2. The minimum absolute atomic E-state index is 0.0447. The van der Waals surface area contributed by atoms with Gasteiger partial charge in [-0.05, 0) is 12.1 Å². The quantitative estimate of drug-likeness (QED) is 0.784. The summed E-state index contributed by atoms with van der Waals surface area (Å²) in [5, 5.41) is 9.79. The molecule has 0 aliphatic carbocycles. The van der Waals surface area contributed by atoms with Crippen LogP contribution in [-0.2, 0) is 0 Å². The molecule has 1 N–H and O–H groups in total. The third kappa shape index (κ3) is 2.39. The Hall–Kier alpha value is -3.02. The molecule has 1 aromatic carbocycles. The number of aromatic nitrogens is 3. The summed E-state index contributed by atoms with van der Waals surface area (Å²) in [5.41, 5.74) is 0.795. The molecule has 0 atom stereocenters. The Labute approximate surface area is 113 Å². The summed E-state index contributed by atoms with van der Waals surface area (Å²) < 4.78 is 5.43. The van der Waals surface area contributed by atoms with Gasteiger partial charge in [0.15, 0.2) is 0 Å². The van der Waals surface area contributed by atoms with E-state index in [0.29, 0.717) is 0 Å². The number of carboxylic acids is 1. The molecule has 0 amide bonds. The number of pyridine rings is 1. The van der Waals surface area contributed by atoms with E-state index in [-0.39, 0.29) is 17.3 Å². The van der Waals surface area contributed by atoms with Crippen LogP contribution in [0.25, 0.3) is 10.9 Å². The molecule has 2 heterocycles. The van der Waals surface area contributed by atoms with Gasteiger partial charge in [0, 0.05) is 17.8 Å². The van der Waals surface area contributed by atoms with E-state index >= 15 is 0 Å². The van der Waals surface area contributed by atoms with E-state index in [9.17, 15) is 4.79 Å². The SMILES string of the molecule is O=C(O)c1cncc(Oc2ncc3ccccc3n2)c1. The zero-order chi connectivity index (χ0) is 13.9. The molecule has 0 aliphatic rings. The first-order chi connectivity index (χ1) is 9.72. The van der Waals surface area contributed by atoms with Gasteiger partial charge in [-0.3, -0.25) is 4.98 Å². The van der Waals surface area contributed by atoms with Gasteiger partial charge in [-0.1, -0.05) is 18.2 Å². The molecule has 3 rings (SSSR count). The van der Waals surface area contributed by atoms with Crippen LogP contribution >= 0.6 is 0 Å². The summed E-state index contributed by atoms with van der Waals surface area (Å²) >= 11 is 0. The largest absolute Gasteiger partial charge is 0.478 e. The van der Waals surface area contributed by atoms with Crippen LogP contribution in [0.1, 0.15) is 10.4 Å². The van der Waals surface area contributed by atoms with Gasteiger partial charge in [0.25, 0.3) is 0 Å². The highest BCUT2D eigenvalue weighted by Crippen LogP contribution is 2.20. The molecule has 0 unspecified atom stereocenters. The van der Waals surface area contributed by atoms with Crippen molar-refractivity contribution < 1.29 is 14.6 Å². The van der Waals surface area contributed by atoms with Crippen molar-refractivity contribution in [3.05, 3.63) is 54.5 Å². The Bertz CT molecular complexity index is 789. The number of carboxylic acid groups (broad SMARTS) is 1. The Morgan fingerprint density at radius 1 is 1.15 bits per heavy atom. The fourth-order valence-corrected chi connectivity index (χ4v) is 1.70. The van der Waals surface area contributed by atoms with Crippen molar-refractivity contribution in [3.8, 4) is 11.8 Å². The summed E-state index contributed by atoms with van der Waals surface area (Å²) in [6.07, 6.45) is 4.30. The Morgan fingerprint density at radius 2 is 2.00 bits per heavy atom. The third-order valence-corrected chi connectivity index (χ3v) is 2.64. The molecule has 2 aromatic heterocycles. The second kappa shape index (κ2) is 4.93. The molecule has 98 valence electrons. The average Bonchev–Trinajstić information content (AvgIpc) is 2.47. The molecule has 0 spiro atoms. The number of fused-ring (bicyclic) bond motifs is 1. The first kappa shape index (κ1) is 12.0. The van der Waals surface area contributed by atoms with Gasteiger partial charge in [-0.15, -0.1) is 0 Å². The van der Waals surface area contributed by atoms with Gasteiger partial charge < -0.3 is 9.84 Å². The fraction of sp³-hybridized carbons (Fsp3) is 0. The van der Waals surface area contributed by atoms with Crippen LogP contribution in [0, 0.1) is 0 Å². The van der Waals surface area contributed by atoms with E-state index in [1.54, 1.807) is 6.20 Å². The third-order valence-electron chi connectivity index (χ3n) is 2.64. The van der Waals surface area contributed by atoms with Crippen LogP contribution in [0.2, 0.25) is 0 Å². The minimum Gasteiger partial charge on any atom is -0.478 e. The summed E-state index contributed by atoms with van der Waals surface area (Å²) in [6, 6.07) is 9.01. The van der Waals surface area contributed by atoms with Gasteiger partial charge in [0.05, 0.1) is 17.3 Å². The van der Waals surface area contributed by atoms with Crippen molar-refractivity contribution in [1.82, 2.24) is 15.0 Å². The average molecular weight is 267 g/mol. The molecule has 0 aliphatic heterocycles. The maximum atomic E-state index is 10.9. The second-order valence-electron chi connectivity index (χ2n) is 4.03. The second-order valence-corrected chi connectivity index (χ2v) is 4.03. The Morgan fingerprint density at radius 3 is 2.85 bits per heavy atom. The molecular formula is C14H9N3O3. The topological polar surface area (TPSA) is 85.2 Å². The van der Waals surface area contributed by atoms with Gasteiger partial charge in [-0.2, -0.15) is 4.98 Å². The first-order valence-corrected chi connectivity index (χ1v) is 5.80. The van der Waals surface area contributed by atoms with Crippen molar-refractivity contribution in [2.45, 2.75) is 0 Å². The Balaban J connectivity index is 1.92. The molecular weight excluding hydrogens is 258 g/mol. The van der Waals surface area contributed by atoms with Gasteiger partial charge in [0.1, 0.15) is 5.75 Å². The van der Waals surface area contributed by atoms with Crippen LogP contribution in [-0.4, -0.2) is 26.0 Å². The lowest BCUT2D eigenvalue weighted by Gasteiger charge is -2.04. The number of benzene rings is 1. The molecule has 0 saturated carbocycles. The number of aromatic carboxylic acids is 1. The first-order valence-electron chi connectivity index (χ1n) is 5.80. The molecule has 0 saturated heterocycles. The van der Waals surface area contributed by atoms with E-state index in [0.717, 1.165) is 10.9 Å². The highest BCUT2D eigenvalue weighted by atomic mass is 16.5. The Kier molecular flexibility index (Phi) is 2.96. The number of carbonyl (C=O) groups is 1. The molecule has 0 radical (unpaired) electrons. The van der Waals surface area contributed by atoms with Crippen LogP contribution in [0.15, 0.2) is 48.9 Å². The van der Waals surface area contributed by atoms with Crippen molar-refractivity contribution in [3.63, 3.8) is 0 Å². The minimum atomic E-state index is -1.07. The molecule has 3 aromatic rings. The summed E-state index contributed by atoms with van der Waals surface area (Å²) in [7, 11) is 0. The standard InChI is InChI=1S/C14H9N3O3/c18-13(19)10-5-11(8-15-6-10)20-14-16-7-9-3-1-2-4-12(9)17-14/h1-8H,(H,18,19). The van der Waals surface area contributed by atoms with E-state index in [4.69, 9.17) is 9.84 Å². The maximum absolute atomic E-state index is 10.9. The van der Waals surface area contributed by atoms with Crippen LogP contribution in [0.3, 0.4) is 0 Å². The van der Waals surface area contributed by atoms with Gasteiger partial charge >= 0.3 is 12.0 Å². The monoisotopic (exact) mass is 267 g/mol. The summed E-state index contributed by atoms with van der Waals surface area (Å²) in [6.45, 7) is 0. The zero-order valence-corrected chi connectivity index (χ0v) is 10.2. The summed E-state index contributed by atoms with van der Waals surface area (Å²) in [4.78, 5) is 23.0. The highest BCUT2D eigenvalue weighted by Gasteiger charge is 2.07. The molecule has 6 heteroatoms. The summed E-state index contributed by atoms with van der Waals surface area (Å²) in [5.74, 6) is -0.789. The van der Waals surface area contributed by atoms with Crippen LogP contribution in [0.5, 0.6) is 11.8 Å². The van der Waals surface area contributed by atoms with Crippen molar-refractivity contribution in [2.75, 3.05) is 0 Å². The number of hydrogen-bond donors (Lipinski definition) is 1. The molecule has 0 fully saturated rings. The number of para-hydroxylation sites is 1. The molecule has 0 bridgehead atoms. The number of nitrogens with zero attached hydrogens (tertiary/aromatic N) is 3. The molecule has 20 heavy (non-hydrogen) atoms. The van der Waals surface area contributed by atoms with Crippen molar-refractivity contribution in [2.24, 2.45) is 0 Å². The number of rotatable bonds is 3. The highest BCUT2D eigenvalue weighted by molar-refractivity contribution is 5.87. The predicted octanol–water partition coefficient (Wildman–Crippen LogP) is 2.52. The van der Waals surface area contributed by atoms with E-state index in [1.165, 1.54) is 18.5 Å². The fourth-order valence-electron chi connectivity index (χ4n) is 1.70. The smallest absolute Gasteiger partial charge is 0.337 e. The van der Waals surface area contributed by atoms with E-state index in [1.807, 2.05) is 24.3 Å². The van der Waals surface area contributed by atoms with Crippen molar-refractivity contribution >= 4 is 16.9 Å². The van der Waals surface area contributed by atoms with Gasteiger partial charge in [0.2, 0.25) is 0 Å². The lowest BCUT2D eigenvalue weighted by Crippen LogP contribution is -1.98. The van der Waals surface area contributed by atoms with Crippen molar-refractivity contribution in [1.29, 1.82) is 0 Å². The lowest BCUT2D eigenvalue weighted by atomic mass is 10.2.